The van der Waals surface area contributed by atoms with Gasteiger partial charge in [-0.3, -0.25) is 14.3 Å². The molecule has 2 aromatic heterocycles. The van der Waals surface area contributed by atoms with E-state index in [1.807, 2.05) is 6.07 Å². The molecule has 0 saturated carbocycles. The van der Waals surface area contributed by atoms with Gasteiger partial charge in [0.15, 0.2) is 0 Å². The van der Waals surface area contributed by atoms with Crippen LogP contribution >= 0.6 is 0 Å². The number of nitrogens with one attached hydrogen (secondary N) is 2. The normalized spacial score (nSPS) is 14.6. The Bertz CT molecular complexity index is 1260. The molecule has 3 heterocycles. The van der Waals surface area contributed by atoms with Crippen molar-refractivity contribution >= 4 is 27.5 Å². The van der Waals surface area contributed by atoms with Crippen LogP contribution in [0.1, 0.15) is 35.3 Å². The van der Waals surface area contributed by atoms with E-state index in [2.05, 4.69) is 15.7 Å². The fraction of sp³-hybridized carbons (Fsp3) is 0.348. The predicted molar refractivity (Wildman–Crippen MR) is 126 cm³/mol. The highest BCUT2D eigenvalue weighted by Gasteiger charge is 2.28. The number of hydrogen-bond donors (Lipinski definition) is 2. The molecule has 0 radical (unpaired) electrons. The van der Waals surface area contributed by atoms with Crippen molar-refractivity contribution in [2.24, 2.45) is 7.05 Å². The van der Waals surface area contributed by atoms with Crippen LogP contribution in [0.3, 0.4) is 0 Å². The van der Waals surface area contributed by atoms with Crippen LogP contribution < -0.4 is 10.6 Å². The first kappa shape index (κ1) is 23.7. The van der Waals surface area contributed by atoms with Crippen molar-refractivity contribution in [1.82, 2.24) is 24.0 Å². The maximum absolute atomic E-state index is 12.9. The van der Waals surface area contributed by atoms with E-state index in [0.29, 0.717) is 18.8 Å². The van der Waals surface area contributed by atoms with Gasteiger partial charge in [-0.05, 0) is 42.7 Å². The zero-order chi connectivity index (χ0) is 24.1. The number of amides is 2. The molecule has 34 heavy (non-hydrogen) atoms. The summed E-state index contributed by atoms with van der Waals surface area (Å²) < 4.78 is 30.4. The molecule has 1 aliphatic rings. The summed E-state index contributed by atoms with van der Waals surface area (Å²) in [6.45, 7) is 1.34. The first-order valence-corrected chi connectivity index (χ1v) is 12.6. The highest BCUT2D eigenvalue weighted by Crippen LogP contribution is 2.22. The number of hydrogen-bond acceptors (Lipinski definition) is 5. The van der Waals surface area contributed by atoms with Crippen LogP contribution in [0.25, 0.3) is 0 Å². The summed E-state index contributed by atoms with van der Waals surface area (Å²) in [4.78, 5) is 25.1. The molecule has 10 nitrogen and oxygen atoms in total. The van der Waals surface area contributed by atoms with Crippen molar-refractivity contribution in [2.45, 2.75) is 37.2 Å². The van der Waals surface area contributed by atoms with Crippen LogP contribution in [0.4, 0.5) is 5.69 Å². The number of benzene rings is 1. The first-order valence-electron chi connectivity index (χ1n) is 11.1. The number of anilines is 1. The second-order valence-electron chi connectivity index (χ2n) is 8.27. The first-order chi connectivity index (χ1) is 16.3. The summed E-state index contributed by atoms with van der Waals surface area (Å²) in [7, 11) is -1.96. The molecule has 1 aliphatic heterocycles. The number of aromatic nitrogens is 3. The molecule has 0 atom stereocenters. The Morgan fingerprint density at radius 3 is 2.62 bits per heavy atom. The third-order valence-corrected chi connectivity index (χ3v) is 7.56. The van der Waals surface area contributed by atoms with Crippen molar-refractivity contribution in [3.8, 4) is 0 Å². The lowest BCUT2D eigenvalue weighted by Gasteiger charge is -2.25. The van der Waals surface area contributed by atoms with E-state index in [0.717, 1.165) is 24.8 Å². The number of piperidine rings is 1. The number of aryl methyl sites for hydroxylation is 1. The van der Waals surface area contributed by atoms with E-state index in [1.54, 1.807) is 43.7 Å². The summed E-state index contributed by atoms with van der Waals surface area (Å²) in [6, 6.07) is 10.3. The Balaban J connectivity index is 1.37. The van der Waals surface area contributed by atoms with Gasteiger partial charge in [-0.2, -0.15) is 9.40 Å². The number of rotatable bonds is 8. The van der Waals surface area contributed by atoms with Gasteiger partial charge in [-0.25, -0.2) is 8.42 Å². The molecule has 0 spiro atoms. The molecule has 180 valence electrons. The SMILES string of the molecule is Cn1cc(S(=O)(=O)N2CCCCC2)cc1C(=O)NCc1cccc(NC(=O)Cn2cccn2)c1. The van der Waals surface area contributed by atoms with Gasteiger partial charge < -0.3 is 15.2 Å². The Morgan fingerprint density at radius 2 is 1.88 bits per heavy atom. The third-order valence-electron chi connectivity index (χ3n) is 5.69. The minimum atomic E-state index is -3.61. The Morgan fingerprint density at radius 1 is 1.09 bits per heavy atom. The molecular weight excluding hydrogens is 456 g/mol. The lowest BCUT2D eigenvalue weighted by atomic mass is 10.2. The molecular formula is C23H28N6O4S. The Labute approximate surface area is 198 Å². The molecule has 0 aliphatic carbocycles. The molecule has 3 aromatic rings. The minimum absolute atomic E-state index is 0.101. The largest absolute Gasteiger partial charge is 0.347 e. The van der Waals surface area contributed by atoms with Gasteiger partial charge in [0.25, 0.3) is 5.91 Å². The van der Waals surface area contributed by atoms with Crippen LogP contribution in [0, 0.1) is 0 Å². The van der Waals surface area contributed by atoms with Gasteiger partial charge in [-0.15, -0.1) is 0 Å². The van der Waals surface area contributed by atoms with Crippen LogP contribution in [-0.2, 0) is 35.0 Å². The summed E-state index contributed by atoms with van der Waals surface area (Å²) in [5.41, 5.74) is 1.66. The van der Waals surface area contributed by atoms with Gasteiger partial charge in [-0.1, -0.05) is 18.6 Å². The lowest BCUT2D eigenvalue weighted by Crippen LogP contribution is -2.35. The Kier molecular flexibility index (Phi) is 7.13. The van der Waals surface area contributed by atoms with E-state index < -0.39 is 10.0 Å². The second kappa shape index (κ2) is 10.2. The standard InChI is InChI=1S/C23H28N6O4S/c1-27-16-20(34(32,33)29-11-3-2-4-12-29)14-21(27)23(31)24-15-18-7-5-8-19(13-18)26-22(30)17-28-10-6-9-25-28/h5-10,13-14,16H,2-4,11-12,15,17H2,1H3,(H,24,31)(H,26,30). The average Bonchev–Trinajstić information content (AvgIpc) is 3.48. The highest BCUT2D eigenvalue weighted by atomic mass is 32.2. The van der Waals surface area contributed by atoms with E-state index in [1.165, 1.54) is 25.8 Å². The number of carbonyl (C=O) groups excluding carboxylic acids is 2. The number of sulfonamides is 1. The summed E-state index contributed by atoms with van der Waals surface area (Å²) in [6.07, 6.45) is 7.52. The number of nitrogens with zero attached hydrogens (tertiary/aromatic N) is 4. The molecule has 0 unspecified atom stereocenters. The van der Waals surface area contributed by atoms with Crippen LogP contribution in [0.2, 0.25) is 0 Å². The monoisotopic (exact) mass is 484 g/mol. The van der Waals surface area contributed by atoms with Crippen molar-refractivity contribution in [3.05, 3.63) is 66.2 Å². The lowest BCUT2D eigenvalue weighted by molar-refractivity contribution is -0.116. The van der Waals surface area contributed by atoms with Crippen LogP contribution in [-0.4, -0.2) is 52.0 Å². The zero-order valence-corrected chi connectivity index (χ0v) is 19.8. The van der Waals surface area contributed by atoms with Gasteiger partial charge in [0.1, 0.15) is 17.1 Å². The second-order valence-corrected chi connectivity index (χ2v) is 10.2. The maximum atomic E-state index is 12.9. The number of carbonyl (C=O) groups is 2. The van der Waals surface area contributed by atoms with Crippen molar-refractivity contribution in [1.29, 1.82) is 0 Å². The van der Waals surface area contributed by atoms with E-state index in [4.69, 9.17) is 0 Å². The third kappa shape index (κ3) is 5.54. The summed E-state index contributed by atoms with van der Waals surface area (Å²) in [5.74, 6) is -0.591. The molecule has 2 amide bonds. The smallest absolute Gasteiger partial charge is 0.268 e. The quantitative estimate of drug-likeness (QED) is 0.507. The van der Waals surface area contributed by atoms with Gasteiger partial charge in [0.05, 0.1) is 0 Å². The molecule has 0 bridgehead atoms. The molecule has 1 fully saturated rings. The topological polar surface area (TPSA) is 118 Å². The van der Waals surface area contributed by atoms with Crippen LogP contribution in [0.5, 0.6) is 0 Å². The summed E-state index contributed by atoms with van der Waals surface area (Å²) >= 11 is 0. The minimum Gasteiger partial charge on any atom is -0.347 e. The highest BCUT2D eigenvalue weighted by molar-refractivity contribution is 7.89. The predicted octanol–water partition coefficient (Wildman–Crippen LogP) is 1.96. The van der Waals surface area contributed by atoms with Gasteiger partial charge in [0, 0.05) is 51.0 Å². The van der Waals surface area contributed by atoms with Crippen molar-refractivity contribution in [2.75, 3.05) is 18.4 Å². The molecule has 11 heteroatoms. The summed E-state index contributed by atoms with van der Waals surface area (Å²) in [5, 5.41) is 9.64. The molecule has 1 saturated heterocycles. The zero-order valence-electron chi connectivity index (χ0n) is 19.0. The van der Waals surface area contributed by atoms with E-state index >= 15 is 0 Å². The van der Waals surface area contributed by atoms with Crippen LogP contribution in [0.15, 0.2) is 59.9 Å². The van der Waals surface area contributed by atoms with E-state index in [-0.39, 0.29) is 35.5 Å². The van der Waals surface area contributed by atoms with Crippen molar-refractivity contribution < 1.29 is 18.0 Å². The molecule has 2 N–H and O–H groups in total. The molecule has 1 aromatic carbocycles. The van der Waals surface area contributed by atoms with Gasteiger partial charge >= 0.3 is 0 Å². The maximum Gasteiger partial charge on any atom is 0.268 e. The van der Waals surface area contributed by atoms with E-state index in [9.17, 15) is 18.0 Å². The van der Waals surface area contributed by atoms with Gasteiger partial charge in [0.2, 0.25) is 15.9 Å². The fourth-order valence-corrected chi connectivity index (χ4v) is 5.52. The Hall–Kier alpha value is -3.44. The van der Waals surface area contributed by atoms with Crippen molar-refractivity contribution in [3.63, 3.8) is 0 Å². The fourth-order valence-electron chi connectivity index (χ4n) is 3.93. The average molecular weight is 485 g/mol. The molecule has 4 rings (SSSR count).